The molecule has 0 aliphatic heterocycles. The maximum Gasteiger partial charge on any atom is 0.404 e. The van der Waals surface area contributed by atoms with Gasteiger partial charge >= 0.3 is 6.09 Å². The van der Waals surface area contributed by atoms with Gasteiger partial charge < -0.3 is 10.5 Å². The van der Waals surface area contributed by atoms with Crippen LogP contribution in [0.5, 0.6) is 0 Å². The third-order valence-electron chi connectivity index (χ3n) is 0.711. The van der Waals surface area contributed by atoms with Crippen molar-refractivity contribution in [2.24, 2.45) is 5.73 Å². The van der Waals surface area contributed by atoms with Crippen LogP contribution < -0.4 is 5.73 Å². The predicted molar refractivity (Wildman–Crippen MR) is 38.4 cm³/mol. The number of amides is 1. The Balaban J connectivity index is 2.91. The fraction of sp³-hybridized carbons (Fsp3) is 0.600. The van der Waals surface area contributed by atoms with Gasteiger partial charge in [0.2, 0.25) is 0 Å². The highest BCUT2D eigenvalue weighted by Crippen LogP contribution is 1.85. The Morgan fingerprint density at radius 2 is 2.44 bits per heavy atom. The Kier molecular flexibility index (Phi) is 5.11. The van der Waals surface area contributed by atoms with E-state index in [4.69, 9.17) is 0 Å². The number of carbonyl (C=O) groups excluding carboxylic acids is 1. The fourth-order valence-corrected chi connectivity index (χ4v) is 0.506. The number of hydrogen-bond donors (Lipinski definition) is 1. The Labute approximate surface area is 59.2 Å². The van der Waals surface area contributed by atoms with Gasteiger partial charge in [0.05, 0.1) is 6.61 Å². The van der Waals surface area contributed by atoms with Crippen LogP contribution in [0.4, 0.5) is 4.79 Å². The van der Waals surface area contributed by atoms with Crippen molar-refractivity contribution in [1.29, 1.82) is 0 Å². The number of nitrogens with two attached hydrogens (primary N) is 1. The van der Waals surface area contributed by atoms with Crippen molar-refractivity contribution in [2.45, 2.75) is 12.8 Å². The van der Waals surface area contributed by atoms with Crippen LogP contribution >= 0.6 is 12.2 Å². The first kappa shape index (κ1) is 8.36. The van der Waals surface area contributed by atoms with Gasteiger partial charge in [-0.25, -0.2) is 4.79 Å². The highest BCUT2D eigenvalue weighted by atomic mass is 32.1. The molecule has 0 fully saturated rings. The van der Waals surface area contributed by atoms with E-state index in [1.807, 2.05) is 0 Å². The summed E-state index contributed by atoms with van der Waals surface area (Å²) >= 11 is 4.53. The summed E-state index contributed by atoms with van der Waals surface area (Å²) in [5, 5.41) is 1.60. The average Bonchev–Trinajstić information content (AvgIpc) is 1.80. The molecule has 0 heterocycles. The van der Waals surface area contributed by atoms with Crippen LogP contribution in [0.2, 0.25) is 0 Å². The first-order valence-electron chi connectivity index (χ1n) is 2.63. The SMILES string of the molecule is NC(=O)OCCCC=S. The Hall–Kier alpha value is -0.640. The number of hydrogen-bond acceptors (Lipinski definition) is 3. The Morgan fingerprint density at radius 1 is 1.78 bits per heavy atom. The molecule has 0 atom stereocenters. The average molecular weight is 147 g/mol. The van der Waals surface area contributed by atoms with Crippen LogP contribution in [0, 0.1) is 0 Å². The summed E-state index contributed by atoms with van der Waals surface area (Å²) in [7, 11) is 0. The molecule has 9 heavy (non-hydrogen) atoms. The highest BCUT2D eigenvalue weighted by molar-refractivity contribution is 7.78. The van der Waals surface area contributed by atoms with E-state index in [9.17, 15) is 4.79 Å². The first-order chi connectivity index (χ1) is 4.27. The van der Waals surface area contributed by atoms with Gasteiger partial charge in [0.25, 0.3) is 0 Å². The molecule has 0 rings (SSSR count). The monoisotopic (exact) mass is 147 g/mol. The topological polar surface area (TPSA) is 52.3 Å². The van der Waals surface area contributed by atoms with E-state index in [0.717, 1.165) is 12.8 Å². The molecule has 0 saturated heterocycles. The standard InChI is InChI=1S/C5H9NO2S/c6-5(7)8-3-1-2-4-9/h4H,1-3H2,(H2,6,7). The fourth-order valence-electron chi connectivity index (χ4n) is 0.339. The summed E-state index contributed by atoms with van der Waals surface area (Å²) < 4.78 is 4.42. The normalized spacial score (nSPS) is 8.44. The maximum absolute atomic E-state index is 9.93. The molecule has 0 aliphatic carbocycles. The number of unbranched alkanes of at least 4 members (excludes halogenated alkanes) is 1. The molecule has 0 spiro atoms. The summed E-state index contributed by atoms with van der Waals surface area (Å²) in [6.45, 7) is 0.364. The molecule has 0 unspecified atom stereocenters. The molecule has 0 saturated carbocycles. The van der Waals surface area contributed by atoms with Crippen molar-refractivity contribution < 1.29 is 9.53 Å². The van der Waals surface area contributed by atoms with Gasteiger partial charge in [-0.15, -0.1) is 0 Å². The summed E-state index contributed by atoms with van der Waals surface area (Å²) in [5.74, 6) is 0. The largest absolute Gasteiger partial charge is 0.450 e. The minimum atomic E-state index is -0.723. The molecule has 0 aromatic carbocycles. The van der Waals surface area contributed by atoms with E-state index in [0.29, 0.717) is 6.61 Å². The van der Waals surface area contributed by atoms with Crippen molar-refractivity contribution in [1.82, 2.24) is 0 Å². The van der Waals surface area contributed by atoms with Crippen LogP contribution in [0.3, 0.4) is 0 Å². The van der Waals surface area contributed by atoms with Crippen LogP contribution in [-0.2, 0) is 4.74 Å². The molecule has 3 nitrogen and oxygen atoms in total. The molecular weight excluding hydrogens is 138 g/mol. The van der Waals surface area contributed by atoms with Gasteiger partial charge in [0.15, 0.2) is 0 Å². The van der Waals surface area contributed by atoms with Crippen molar-refractivity contribution in [3.8, 4) is 0 Å². The quantitative estimate of drug-likeness (QED) is 0.474. The van der Waals surface area contributed by atoms with E-state index in [1.54, 1.807) is 5.37 Å². The second kappa shape index (κ2) is 5.50. The lowest BCUT2D eigenvalue weighted by atomic mass is 10.4. The Bertz CT molecular complexity index is 105. The van der Waals surface area contributed by atoms with Crippen molar-refractivity contribution >= 4 is 23.7 Å². The van der Waals surface area contributed by atoms with Crippen LogP contribution in [0.1, 0.15) is 12.8 Å². The van der Waals surface area contributed by atoms with Crippen molar-refractivity contribution in [2.75, 3.05) is 6.61 Å². The number of ether oxygens (including phenoxy) is 1. The third-order valence-corrected chi connectivity index (χ3v) is 0.946. The number of rotatable bonds is 4. The zero-order valence-electron chi connectivity index (χ0n) is 5.00. The van der Waals surface area contributed by atoms with Crippen molar-refractivity contribution in [3.63, 3.8) is 0 Å². The lowest BCUT2D eigenvalue weighted by Gasteiger charge is -1.96. The minimum Gasteiger partial charge on any atom is -0.450 e. The Morgan fingerprint density at radius 3 is 2.89 bits per heavy atom. The van der Waals surface area contributed by atoms with Gasteiger partial charge in [-0.05, 0) is 18.2 Å². The molecule has 52 valence electrons. The van der Waals surface area contributed by atoms with Gasteiger partial charge in [-0.2, -0.15) is 0 Å². The third kappa shape index (κ3) is 7.36. The van der Waals surface area contributed by atoms with E-state index in [-0.39, 0.29) is 0 Å². The van der Waals surface area contributed by atoms with E-state index in [1.165, 1.54) is 0 Å². The molecule has 0 aromatic rings. The molecule has 2 N–H and O–H groups in total. The minimum absolute atomic E-state index is 0.364. The molecule has 0 aliphatic rings. The molecule has 1 amide bonds. The maximum atomic E-state index is 9.93. The lowest BCUT2D eigenvalue weighted by molar-refractivity contribution is 0.156. The summed E-state index contributed by atoms with van der Waals surface area (Å²) in [6, 6.07) is 0. The van der Waals surface area contributed by atoms with E-state index >= 15 is 0 Å². The first-order valence-corrected chi connectivity index (χ1v) is 3.10. The number of thiocarbonyl (C=S) groups is 1. The zero-order valence-corrected chi connectivity index (χ0v) is 5.82. The zero-order chi connectivity index (χ0) is 7.11. The molecular formula is C5H9NO2S. The molecule has 0 bridgehead atoms. The number of primary amides is 1. The summed E-state index contributed by atoms with van der Waals surface area (Å²) in [5.41, 5.74) is 4.68. The second-order valence-corrected chi connectivity index (χ2v) is 1.81. The summed E-state index contributed by atoms with van der Waals surface area (Å²) in [6.07, 6.45) is 0.814. The molecule has 4 heteroatoms. The van der Waals surface area contributed by atoms with Crippen molar-refractivity contribution in [3.05, 3.63) is 0 Å². The van der Waals surface area contributed by atoms with Gasteiger partial charge in [-0.3, -0.25) is 0 Å². The highest BCUT2D eigenvalue weighted by Gasteiger charge is 1.89. The van der Waals surface area contributed by atoms with Gasteiger partial charge in [0, 0.05) is 0 Å². The van der Waals surface area contributed by atoms with Crippen LogP contribution in [-0.4, -0.2) is 18.1 Å². The smallest absolute Gasteiger partial charge is 0.404 e. The molecule has 0 aromatic heterocycles. The van der Waals surface area contributed by atoms with E-state index in [2.05, 4.69) is 22.7 Å². The van der Waals surface area contributed by atoms with Crippen LogP contribution in [0.15, 0.2) is 0 Å². The van der Waals surface area contributed by atoms with E-state index < -0.39 is 6.09 Å². The van der Waals surface area contributed by atoms with Gasteiger partial charge in [0.1, 0.15) is 0 Å². The lowest BCUT2D eigenvalue weighted by Crippen LogP contribution is -2.13. The van der Waals surface area contributed by atoms with Crippen LogP contribution in [0.25, 0.3) is 0 Å². The number of carbonyl (C=O) groups is 1. The molecule has 0 radical (unpaired) electrons. The predicted octanol–water partition coefficient (Wildman–Crippen LogP) is 0.862. The second-order valence-electron chi connectivity index (χ2n) is 1.48. The van der Waals surface area contributed by atoms with Gasteiger partial charge in [-0.1, -0.05) is 12.2 Å². The summed E-state index contributed by atoms with van der Waals surface area (Å²) in [4.78, 5) is 9.93.